The summed E-state index contributed by atoms with van der Waals surface area (Å²) in [5, 5.41) is 3.91. The minimum absolute atomic E-state index is 0.395. The number of amides is 1. The van der Waals surface area contributed by atoms with Crippen molar-refractivity contribution in [1.82, 2.24) is 5.43 Å². The molecule has 1 N–H and O–H groups in total. The fourth-order valence-corrected chi connectivity index (χ4v) is 3.69. The van der Waals surface area contributed by atoms with Gasteiger partial charge in [0.2, 0.25) is 10.0 Å². The number of carbonyl (C=O) groups is 1. The van der Waals surface area contributed by atoms with Crippen LogP contribution in [0, 0.1) is 13.8 Å². The highest BCUT2D eigenvalue weighted by Gasteiger charge is 2.21. The van der Waals surface area contributed by atoms with Crippen LogP contribution in [-0.2, 0) is 14.8 Å². The third-order valence-corrected chi connectivity index (χ3v) is 5.15. The first-order chi connectivity index (χ1) is 13.7. The summed E-state index contributed by atoms with van der Waals surface area (Å²) in [6.45, 7) is 3.33. The lowest BCUT2D eigenvalue weighted by molar-refractivity contribution is -0.119. The molecule has 0 radical (unpaired) electrons. The fourth-order valence-electron chi connectivity index (χ4n) is 2.85. The number of sulfonamides is 1. The Morgan fingerprint density at radius 3 is 2.34 bits per heavy atom. The van der Waals surface area contributed by atoms with Gasteiger partial charge in [-0.2, -0.15) is 5.10 Å². The summed E-state index contributed by atoms with van der Waals surface area (Å²) in [6.07, 6.45) is 2.46. The van der Waals surface area contributed by atoms with Gasteiger partial charge in [-0.15, -0.1) is 0 Å². The summed E-state index contributed by atoms with van der Waals surface area (Å²) in [7, 11) is -0.637. The van der Waals surface area contributed by atoms with Gasteiger partial charge in [0.1, 0.15) is 6.54 Å². The second-order valence-electron chi connectivity index (χ2n) is 6.49. The number of nitrogens with one attached hydrogen (secondary N) is 1. The number of ether oxygens (including phenoxy) is 2. The van der Waals surface area contributed by atoms with E-state index in [1.165, 1.54) is 20.4 Å². The van der Waals surface area contributed by atoms with E-state index in [0.717, 1.165) is 21.7 Å². The second-order valence-corrected chi connectivity index (χ2v) is 8.40. The Labute approximate surface area is 171 Å². The van der Waals surface area contributed by atoms with Crippen LogP contribution in [0.3, 0.4) is 0 Å². The molecule has 0 spiro atoms. The van der Waals surface area contributed by atoms with Crippen LogP contribution in [0.5, 0.6) is 11.5 Å². The first-order valence-electron chi connectivity index (χ1n) is 8.74. The van der Waals surface area contributed by atoms with Crippen molar-refractivity contribution in [2.45, 2.75) is 13.8 Å². The molecular weight excluding hydrogens is 394 g/mol. The Balaban J connectivity index is 2.17. The fraction of sp³-hybridized carbons (Fsp3) is 0.300. The maximum absolute atomic E-state index is 12.3. The van der Waals surface area contributed by atoms with Crippen LogP contribution >= 0.6 is 0 Å². The number of aryl methyl sites for hydroxylation is 2. The zero-order chi connectivity index (χ0) is 21.6. The number of hydrogen-bond acceptors (Lipinski definition) is 6. The SMILES string of the molecule is COc1cccc(/C=N\NC(=O)CN(c2cc(C)cc(C)c2)S(C)(=O)=O)c1OC. The van der Waals surface area contributed by atoms with Crippen molar-refractivity contribution in [2.75, 3.05) is 31.3 Å². The Kier molecular flexibility index (Phi) is 7.22. The molecule has 1 amide bonds. The number of para-hydroxylation sites is 1. The van der Waals surface area contributed by atoms with Crippen molar-refractivity contribution < 1.29 is 22.7 Å². The summed E-state index contributed by atoms with van der Waals surface area (Å²) in [5.41, 5.74) is 5.18. The van der Waals surface area contributed by atoms with Crippen LogP contribution in [0.1, 0.15) is 16.7 Å². The van der Waals surface area contributed by atoms with Crippen molar-refractivity contribution in [3.05, 3.63) is 53.1 Å². The Bertz CT molecular complexity index is 999. The smallest absolute Gasteiger partial charge is 0.260 e. The van der Waals surface area contributed by atoms with Gasteiger partial charge in [0.25, 0.3) is 5.91 Å². The van der Waals surface area contributed by atoms with Gasteiger partial charge in [0, 0.05) is 5.56 Å². The van der Waals surface area contributed by atoms with Crippen molar-refractivity contribution in [1.29, 1.82) is 0 Å². The van der Waals surface area contributed by atoms with Gasteiger partial charge in [-0.05, 0) is 49.2 Å². The van der Waals surface area contributed by atoms with Gasteiger partial charge in [0.05, 0.1) is 32.4 Å². The summed E-state index contributed by atoms with van der Waals surface area (Å²) in [5.74, 6) is 0.425. The molecule has 0 aromatic heterocycles. The van der Waals surface area contributed by atoms with Gasteiger partial charge in [-0.1, -0.05) is 12.1 Å². The Morgan fingerprint density at radius 2 is 1.79 bits per heavy atom. The minimum Gasteiger partial charge on any atom is -0.493 e. The van der Waals surface area contributed by atoms with E-state index in [2.05, 4.69) is 10.5 Å². The monoisotopic (exact) mass is 419 g/mol. The van der Waals surface area contributed by atoms with Crippen molar-refractivity contribution >= 4 is 27.8 Å². The first-order valence-corrected chi connectivity index (χ1v) is 10.6. The average Bonchev–Trinajstić information content (AvgIpc) is 2.64. The largest absolute Gasteiger partial charge is 0.493 e. The van der Waals surface area contributed by atoms with Crippen LogP contribution in [0.15, 0.2) is 41.5 Å². The lowest BCUT2D eigenvalue weighted by Crippen LogP contribution is -2.39. The lowest BCUT2D eigenvalue weighted by Gasteiger charge is -2.22. The minimum atomic E-state index is -3.66. The number of methoxy groups -OCH3 is 2. The molecule has 2 aromatic rings. The van der Waals surface area contributed by atoms with Gasteiger partial charge < -0.3 is 9.47 Å². The highest BCUT2D eigenvalue weighted by Crippen LogP contribution is 2.29. The first kappa shape index (κ1) is 22.2. The van der Waals surface area contributed by atoms with E-state index < -0.39 is 22.5 Å². The molecule has 0 saturated heterocycles. The lowest BCUT2D eigenvalue weighted by atomic mass is 10.1. The van der Waals surface area contributed by atoms with Crippen molar-refractivity contribution in [3.63, 3.8) is 0 Å². The molecule has 0 atom stereocenters. The highest BCUT2D eigenvalue weighted by molar-refractivity contribution is 7.92. The molecule has 0 aliphatic carbocycles. The molecule has 29 heavy (non-hydrogen) atoms. The summed E-state index contributed by atoms with van der Waals surface area (Å²) < 4.78 is 36.0. The average molecular weight is 420 g/mol. The zero-order valence-electron chi connectivity index (χ0n) is 17.1. The van der Waals surface area contributed by atoms with Gasteiger partial charge in [-0.3, -0.25) is 9.10 Å². The number of carbonyl (C=O) groups excluding carboxylic acids is 1. The molecule has 0 aliphatic heterocycles. The third kappa shape index (κ3) is 5.95. The number of nitrogens with zero attached hydrogens (tertiary/aromatic N) is 2. The van der Waals surface area contributed by atoms with E-state index in [0.29, 0.717) is 22.7 Å². The molecule has 2 aromatic carbocycles. The van der Waals surface area contributed by atoms with E-state index in [9.17, 15) is 13.2 Å². The summed E-state index contributed by atoms with van der Waals surface area (Å²) in [6, 6.07) is 10.6. The molecule has 0 bridgehead atoms. The molecule has 0 aliphatic rings. The van der Waals surface area contributed by atoms with Gasteiger partial charge in [-0.25, -0.2) is 13.8 Å². The standard InChI is InChI=1S/C20H25N3O5S/c1-14-9-15(2)11-17(10-14)23(29(5,25)26)13-19(24)22-21-12-16-7-6-8-18(27-3)20(16)28-4/h6-12H,13H2,1-5H3,(H,22,24)/b21-12-. The highest BCUT2D eigenvalue weighted by atomic mass is 32.2. The summed E-state index contributed by atoms with van der Waals surface area (Å²) >= 11 is 0. The third-order valence-electron chi connectivity index (χ3n) is 4.01. The quantitative estimate of drug-likeness (QED) is 0.523. The molecule has 8 nitrogen and oxygen atoms in total. The molecule has 0 saturated carbocycles. The summed E-state index contributed by atoms with van der Waals surface area (Å²) in [4.78, 5) is 12.3. The maximum atomic E-state index is 12.3. The zero-order valence-corrected chi connectivity index (χ0v) is 17.9. The van der Waals surface area contributed by atoms with E-state index in [1.807, 2.05) is 19.9 Å². The Hall–Kier alpha value is -3.07. The molecule has 0 unspecified atom stereocenters. The van der Waals surface area contributed by atoms with E-state index in [-0.39, 0.29) is 0 Å². The molecule has 0 fully saturated rings. The van der Waals surface area contributed by atoms with Crippen LogP contribution in [0.4, 0.5) is 5.69 Å². The second kappa shape index (κ2) is 9.42. The van der Waals surface area contributed by atoms with Crippen molar-refractivity contribution in [3.8, 4) is 11.5 Å². The number of anilines is 1. The van der Waals surface area contributed by atoms with Gasteiger partial charge >= 0.3 is 0 Å². The van der Waals surface area contributed by atoms with Crippen LogP contribution < -0.4 is 19.2 Å². The van der Waals surface area contributed by atoms with Gasteiger partial charge in [0.15, 0.2) is 11.5 Å². The number of rotatable bonds is 8. The van der Waals surface area contributed by atoms with Crippen LogP contribution in [-0.4, -0.2) is 47.6 Å². The normalized spacial score (nSPS) is 11.3. The van der Waals surface area contributed by atoms with Crippen molar-refractivity contribution in [2.24, 2.45) is 5.10 Å². The molecular formula is C20H25N3O5S. The molecule has 2 rings (SSSR count). The molecule has 9 heteroatoms. The molecule has 156 valence electrons. The predicted molar refractivity (Wildman–Crippen MR) is 113 cm³/mol. The Morgan fingerprint density at radius 1 is 1.14 bits per heavy atom. The predicted octanol–water partition coefficient (Wildman–Crippen LogP) is 2.24. The van der Waals surface area contributed by atoms with E-state index in [1.54, 1.807) is 30.3 Å². The van der Waals surface area contributed by atoms with Crippen LogP contribution in [0.2, 0.25) is 0 Å². The maximum Gasteiger partial charge on any atom is 0.260 e. The van der Waals surface area contributed by atoms with E-state index >= 15 is 0 Å². The van der Waals surface area contributed by atoms with Crippen LogP contribution in [0.25, 0.3) is 0 Å². The topological polar surface area (TPSA) is 97.3 Å². The number of benzene rings is 2. The van der Waals surface area contributed by atoms with E-state index in [4.69, 9.17) is 9.47 Å². The number of hydrazone groups is 1. The molecule has 0 heterocycles. The number of hydrogen-bond donors (Lipinski definition) is 1.